The third-order valence-electron chi connectivity index (χ3n) is 6.56. The van der Waals surface area contributed by atoms with Gasteiger partial charge in [-0.15, -0.1) is 0 Å². The molecule has 1 aromatic carbocycles. The molecule has 3 saturated heterocycles. The van der Waals surface area contributed by atoms with Crippen LogP contribution in [-0.4, -0.2) is 44.2 Å². The van der Waals surface area contributed by atoms with Crippen molar-refractivity contribution in [1.82, 2.24) is 10.2 Å². The first-order valence-corrected chi connectivity index (χ1v) is 12.4. The van der Waals surface area contributed by atoms with Gasteiger partial charge in [0, 0.05) is 23.8 Å². The molecule has 0 saturated carbocycles. The van der Waals surface area contributed by atoms with E-state index in [-0.39, 0.29) is 5.75 Å². The van der Waals surface area contributed by atoms with Crippen molar-refractivity contribution in [2.75, 3.05) is 23.6 Å². The number of piperidine rings is 2. The summed E-state index contributed by atoms with van der Waals surface area (Å²) in [6.45, 7) is 2.22. The zero-order valence-corrected chi connectivity index (χ0v) is 17.0. The molecule has 1 aromatic rings. The molecule has 6 heteroatoms. The van der Waals surface area contributed by atoms with Crippen LogP contribution in [0.3, 0.4) is 0 Å². The van der Waals surface area contributed by atoms with Crippen molar-refractivity contribution in [2.24, 2.45) is 0 Å². The Morgan fingerprint density at radius 2 is 1.81 bits per heavy atom. The lowest BCUT2D eigenvalue weighted by molar-refractivity contribution is 0.150. The van der Waals surface area contributed by atoms with Crippen molar-refractivity contribution in [3.8, 4) is 0 Å². The first kappa shape index (κ1) is 19.2. The molecule has 0 radical (unpaired) electrons. The first-order chi connectivity index (χ1) is 13.1. The van der Waals surface area contributed by atoms with Gasteiger partial charge in [0.15, 0.2) is 0 Å². The minimum Gasteiger partial charge on any atom is -0.314 e. The Morgan fingerprint density at radius 3 is 2.59 bits per heavy atom. The van der Waals surface area contributed by atoms with Crippen molar-refractivity contribution in [3.05, 3.63) is 29.8 Å². The minimum atomic E-state index is -3.29. The highest BCUT2D eigenvalue weighted by Crippen LogP contribution is 2.40. The molecular formula is C21H33N3O2S. The fourth-order valence-electron chi connectivity index (χ4n) is 5.09. The Morgan fingerprint density at radius 1 is 1.00 bits per heavy atom. The molecule has 3 aliphatic heterocycles. The van der Waals surface area contributed by atoms with Crippen LogP contribution in [0.15, 0.2) is 24.3 Å². The Kier molecular flexibility index (Phi) is 6.05. The third-order valence-corrected chi connectivity index (χ3v) is 7.88. The summed E-state index contributed by atoms with van der Waals surface area (Å²) >= 11 is 0. The van der Waals surface area contributed by atoms with E-state index in [1.807, 2.05) is 12.1 Å². The minimum absolute atomic E-state index is 0.185. The van der Waals surface area contributed by atoms with E-state index in [2.05, 4.69) is 27.1 Å². The van der Waals surface area contributed by atoms with E-state index < -0.39 is 10.0 Å². The lowest BCUT2D eigenvalue weighted by Gasteiger charge is -2.34. The standard InChI is InChI=1S/C21H33N3O2S/c25-27(26,16-13-18-5-1-3-14-22-18)23-19-9-7-17(8-10-19)21-12-11-20-6-2-4-15-24(20)21/h7-10,18,20-23H,1-6,11-16H2/t18?,20-,21-/m1/s1. The molecule has 3 heterocycles. The molecule has 0 aromatic heterocycles. The van der Waals surface area contributed by atoms with Crippen molar-refractivity contribution in [1.29, 1.82) is 0 Å². The van der Waals surface area contributed by atoms with Gasteiger partial charge in [-0.1, -0.05) is 25.0 Å². The van der Waals surface area contributed by atoms with Gasteiger partial charge in [-0.25, -0.2) is 8.42 Å². The maximum Gasteiger partial charge on any atom is 0.232 e. The van der Waals surface area contributed by atoms with E-state index in [1.54, 1.807) is 0 Å². The van der Waals surface area contributed by atoms with Gasteiger partial charge in [0.1, 0.15) is 0 Å². The molecule has 3 atom stereocenters. The number of hydrogen-bond donors (Lipinski definition) is 2. The highest BCUT2D eigenvalue weighted by atomic mass is 32.2. The molecule has 3 fully saturated rings. The van der Waals surface area contributed by atoms with Crippen LogP contribution in [0.5, 0.6) is 0 Å². The maximum absolute atomic E-state index is 12.4. The summed E-state index contributed by atoms with van der Waals surface area (Å²) in [7, 11) is -3.29. The largest absolute Gasteiger partial charge is 0.314 e. The summed E-state index contributed by atoms with van der Waals surface area (Å²) in [5.41, 5.74) is 2.01. The maximum atomic E-state index is 12.4. The fraction of sp³-hybridized carbons (Fsp3) is 0.714. The second kappa shape index (κ2) is 8.50. The second-order valence-corrected chi connectivity index (χ2v) is 10.3. The molecule has 150 valence electrons. The summed E-state index contributed by atoms with van der Waals surface area (Å²) in [4.78, 5) is 2.67. The smallest absolute Gasteiger partial charge is 0.232 e. The average Bonchev–Trinajstić information content (AvgIpc) is 3.12. The number of nitrogens with zero attached hydrogens (tertiary/aromatic N) is 1. The van der Waals surface area contributed by atoms with Gasteiger partial charge in [0.2, 0.25) is 10.0 Å². The molecule has 1 unspecified atom stereocenters. The van der Waals surface area contributed by atoms with Gasteiger partial charge in [-0.05, 0) is 75.7 Å². The number of benzene rings is 1. The van der Waals surface area contributed by atoms with Crippen molar-refractivity contribution >= 4 is 15.7 Å². The highest BCUT2D eigenvalue weighted by Gasteiger charge is 2.35. The quantitative estimate of drug-likeness (QED) is 0.777. The molecule has 0 amide bonds. The van der Waals surface area contributed by atoms with E-state index in [9.17, 15) is 8.42 Å². The molecule has 2 N–H and O–H groups in total. The van der Waals surface area contributed by atoms with Gasteiger partial charge in [0.25, 0.3) is 0 Å². The Hall–Kier alpha value is -1.11. The summed E-state index contributed by atoms with van der Waals surface area (Å²) < 4.78 is 27.6. The van der Waals surface area contributed by atoms with E-state index >= 15 is 0 Å². The summed E-state index contributed by atoms with van der Waals surface area (Å²) in [6, 6.07) is 9.71. The number of nitrogens with one attached hydrogen (secondary N) is 2. The lowest BCUT2D eigenvalue weighted by Crippen LogP contribution is -2.36. The predicted molar refractivity (Wildman–Crippen MR) is 110 cm³/mol. The Balaban J connectivity index is 1.33. The number of fused-ring (bicyclic) bond motifs is 1. The monoisotopic (exact) mass is 391 g/mol. The van der Waals surface area contributed by atoms with Crippen LogP contribution in [0.2, 0.25) is 0 Å². The first-order valence-electron chi connectivity index (χ1n) is 10.7. The topological polar surface area (TPSA) is 61.4 Å². The van der Waals surface area contributed by atoms with Crippen LogP contribution in [0, 0.1) is 0 Å². The predicted octanol–water partition coefficient (Wildman–Crippen LogP) is 3.65. The van der Waals surface area contributed by atoms with Crippen LogP contribution in [-0.2, 0) is 10.0 Å². The molecule has 0 bridgehead atoms. The van der Waals surface area contributed by atoms with E-state index in [0.29, 0.717) is 24.2 Å². The van der Waals surface area contributed by atoms with Crippen molar-refractivity contribution in [3.63, 3.8) is 0 Å². The summed E-state index contributed by atoms with van der Waals surface area (Å²) in [5.74, 6) is 0.185. The molecule has 5 nitrogen and oxygen atoms in total. The van der Waals surface area contributed by atoms with Crippen LogP contribution >= 0.6 is 0 Å². The Labute approximate surface area is 164 Å². The normalized spacial score (nSPS) is 29.4. The van der Waals surface area contributed by atoms with Crippen LogP contribution in [0.25, 0.3) is 0 Å². The molecular weight excluding hydrogens is 358 g/mol. The SMILES string of the molecule is O=S(=O)(CCC1CCCCN1)Nc1ccc([C@H]2CC[C@H]3CCCCN32)cc1. The molecule has 0 aliphatic carbocycles. The van der Waals surface area contributed by atoms with Gasteiger partial charge >= 0.3 is 0 Å². The molecule has 27 heavy (non-hydrogen) atoms. The van der Waals surface area contributed by atoms with Crippen LogP contribution < -0.4 is 10.0 Å². The zero-order chi connectivity index (χ0) is 18.7. The van der Waals surface area contributed by atoms with Crippen molar-refractivity contribution in [2.45, 2.75) is 75.9 Å². The van der Waals surface area contributed by atoms with Gasteiger partial charge in [-0.2, -0.15) is 0 Å². The van der Waals surface area contributed by atoms with Crippen LogP contribution in [0.4, 0.5) is 5.69 Å². The number of sulfonamides is 1. The van der Waals surface area contributed by atoms with E-state index in [1.165, 1.54) is 57.1 Å². The fourth-order valence-corrected chi connectivity index (χ4v) is 6.28. The second-order valence-electron chi connectivity index (χ2n) is 8.46. The zero-order valence-electron chi connectivity index (χ0n) is 16.2. The number of hydrogen-bond acceptors (Lipinski definition) is 4. The van der Waals surface area contributed by atoms with E-state index in [0.717, 1.165) is 19.0 Å². The third kappa shape index (κ3) is 4.84. The van der Waals surface area contributed by atoms with Gasteiger partial charge < -0.3 is 5.32 Å². The summed E-state index contributed by atoms with van der Waals surface area (Å²) in [5, 5.41) is 3.42. The average molecular weight is 392 g/mol. The van der Waals surface area contributed by atoms with Crippen molar-refractivity contribution < 1.29 is 8.42 Å². The number of rotatable bonds is 6. The molecule has 4 rings (SSSR count). The molecule has 0 spiro atoms. The lowest BCUT2D eigenvalue weighted by atomic mass is 10.0. The highest BCUT2D eigenvalue weighted by molar-refractivity contribution is 7.92. The van der Waals surface area contributed by atoms with Crippen LogP contribution in [0.1, 0.15) is 69.4 Å². The van der Waals surface area contributed by atoms with Gasteiger partial charge in [0.05, 0.1) is 5.75 Å². The van der Waals surface area contributed by atoms with Gasteiger partial charge in [-0.3, -0.25) is 9.62 Å². The molecule has 3 aliphatic rings. The Bertz CT molecular complexity index is 713. The van der Waals surface area contributed by atoms with E-state index in [4.69, 9.17) is 0 Å². The summed E-state index contributed by atoms with van der Waals surface area (Å²) in [6.07, 6.45) is 10.7. The number of anilines is 1.